The largest absolute Gasteiger partial charge is 0.476 e. The van der Waals surface area contributed by atoms with Gasteiger partial charge >= 0.3 is 6.08 Å². The molecule has 0 amide bonds. The number of ether oxygens (including phenoxy) is 2. The summed E-state index contributed by atoms with van der Waals surface area (Å²) in [5.41, 5.74) is 5.15. The fourth-order valence-electron chi connectivity index (χ4n) is 2.87. The van der Waals surface area contributed by atoms with Crippen molar-refractivity contribution in [3.63, 3.8) is 0 Å². The number of hydrogen-bond donors (Lipinski definition) is 4. The molecule has 4 atom stereocenters. The highest BCUT2D eigenvalue weighted by atomic mass is 19.3. The second-order valence-corrected chi connectivity index (χ2v) is 5.73. The first-order valence-corrected chi connectivity index (χ1v) is 7.90. The molecule has 3 heterocycles. The maximum atomic E-state index is 12.5. The predicted molar refractivity (Wildman–Crippen MR) is 86.7 cm³/mol. The van der Waals surface area contributed by atoms with Crippen LogP contribution in [0.2, 0.25) is 0 Å². The normalized spacial score (nSPS) is 27.6. The second kappa shape index (κ2) is 7.18. The fraction of sp³-hybridized carbons (Fsp3) is 0.467. The average molecular weight is 385 g/mol. The van der Waals surface area contributed by atoms with Gasteiger partial charge in [-0.05, 0) is 6.92 Å². The van der Waals surface area contributed by atoms with Gasteiger partial charge in [0.1, 0.15) is 12.2 Å². The van der Waals surface area contributed by atoms with Gasteiger partial charge in [-0.25, -0.2) is 4.98 Å². The Balaban J connectivity index is 2.17. The molecule has 1 aliphatic heterocycles. The number of aromatic nitrogens is 4. The summed E-state index contributed by atoms with van der Waals surface area (Å²) in [6.45, 7) is 1.34. The van der Waals surface area contributed by atoms with Crippen molar-refractivity contribution < 1.29 is 33.6 Å². The van der Waals surface area contributed by atoms with Gasteiger partial charge in [0, 0.05) is 6.08 Å². The van der Waals surface area contributed by atoms with Gasteiger partial charge in [0.25, 0.3) is 0 Å². The molecule has 0 unspecified atom stereocenters. The molecular formula is C15H17F2N5O5. The van der Waals surface area contributed by atoms with Crippen LogP contribution in [0.15, 0.2) is 24.2 Å². The number of nitrogens with two attached hydrogens (primary N) is 1. The van der Waals surface area contributed by atoms with Crippen molar-refractivity contribution in [1.82, 2.24) is 19.5 Å². The van der Waals surface area contributed by atoms with E-state index < -0.39 is 36.7 Å². The number of nitrogens with zero attached hydrogens (tertiary/aromatic N) is 4. The van der Waals surface area contributed by atoms with Crippen LogP contribution in [0.4, 0.5) is 14.7 Å². The number of nitrogen functional groups attached to an aromatic ring is 1. The number of rotatable bonds is 5. The minimum Gasteiger partial charge on any atom is -0.476 e. The lowest BCUT2D eigenvalue weighted by Crippen LogP contribution is -2.45. The Bertz CT molecular complexity index is 911. The molecule has 3 rings (SSSR count). The summed E-state index contributed by atoms with van der Waals surface area (Å²) in [5.74, 6) is -0.0662. The first kappa shape index (κ1) is 19.1. The summed E-state index contributed by atoms with van der Waals surface area (Å²) in [4.78, 5) is 12.0. The third-order valence-electron chi connectivity index (χ3n) is 4.06. The highest BCUT2D eigenvalue weighted by molar-refractivity contribution is 5.77. The first-order valence-electron chi connectivity index (χ1n) is 7.90. The van der Waals surface area contributed by atoms with Crippen molar-refractivity contribution in [3.8, 4) is 5.88 Å². The zero-order valence-corrected chi connectivity index (χ0v) is 14.1. The number of halogens is 2. The lowest BCUT2D eigenvalue weighted by atomic mass is 9.94. The van der Waals surface area contributed by atoms with E-state index in [-0.39, 0.29) is 29.6 Å². The lowest BCUT2D eigenvalue weighted by Gasteiger charge is -2.27. The lowest BCUT2D eigenvalue weighted by molar-refractivity contribution is -0.0772. The summed E-state index contributed by atoms with van der Waals surface area (Å²) in [6, 6.07) is 0. The van der Waals surface area contributed by atoms with Crippen LogP contribution in [-0.4, -0.2) is 65.9 Å². The molecule has 0 aliphatic carbocycles. The first-order chi connectivity index (χ1) is 12.8. The number of fused-ring (bicyclic) bond motifs is 1. The van der Waals surface area contributed by atoms with Crippen molar-refractivity contribution in [2.75, 3.05) is 18.9 Å². The maximum Gasteiger partial charge on any atom is 0.312 e. The molecule has 2 aromatic heterocycles. The highest BCUT2D eigenvalue weighted by Gasteiger charge is 2.55. The van der Waals surface area contributed by atoms with E-state index in [4.69, 9.17) is 15.2 Å². The molecule has 5 N–H and O–H groups in total. The van der Waals surface area contributed by atoms with Crippen molar-refractivity contribution >= 4 is 17.1 Å². The average Bonchev–Trinajstić information content (AvgIpc) is 3.13. The Morgan fingerprint density at radius 2 is 2.26 bits per heavy atom. The zero-order valence-electron chi connectivity index (χ0n) is 14.1. The van der Waals surface area contributed by atoms with E-state index in [1.54, 1.807) is 12.7 Å². The number of hydrogen-bond acceptors (Lipinski definition) is 9. The molecule has 12 heteroatoms. The molecule has 10 nitrogen and oxygen atoms in total. The van der Waals surface area contributed by atoms with Gasteiger partial charge in [0.15, 0.2) is 23.0 Å². The van der Waals surface area contributed by atoms with Crippen LogP contribution in [0, 0.1) is 0 Å². The van der Waals surface area contributed by atoms with Crippen molar-refractivity contribution in [1.29, 1.82) is 0 Å². The molecule has 146 valence electrons. The molecule has 0 saturated carbocycles. The SMILES string of the molecule is CCOc1nc(N)nc2c1ncn2[C@@H]1O[C@H](CO)[C@@H](O)[C@]1(O)C=C=C(F)F. The number of aliphatic hydroxyl groups excluding tert-OH is 2. The molecule has 0 spiro atoms. The van der Waals surface area contributed by atoms with E-state index in [9.17, 15) is 24.1 Å². The highest BCUT2D eigenvalue weighted by Crippen LogP contribution is 2.41. The number of anilines is 1. The standard InChI is InChI=1S/C15H17F2N5O5/c1-2-26-12-9-11(20-14(18)21-12)22(6-19-9)13-15(25,4-3-8(16)17)10(24)7(5-23)27-13/h4,6-7,10,13,23-25H,2,5H2,1H3,(H2,18,20,21)/t7-,10-,13-,15-/m1/s1. The third-order valence-corrected chi connectivity index (χ3v) is 4.06. The van der Waals surface area contributed by atoms with Gasteiger partial charge in [-0.15, -0.1) is 0 Å². The number of aliphatic hydroxyl groups is 3. The van der Waals surface area contributed by atoms with Crippen molar-refractivity contribution in [2.45, 2.75) is 31.0 Å². The van der Waals surface area contributed by atoms with E-state index in [1.165, 1.54) is 10.9 Å². The van der Waals surface area contributed by atoms with E-state index in [1.807, 2.05) is 0 Å². The third kappa shape index (κ3) is 3.24. The van der Waals surface area contributed by atoms with E-state index in [0.717, 1.165) is 0 Å². The van der Waals surface area contributed by atoms with Crippen LogP contribution < -0.4 is 10.5 Å². The van der Waals surface area contributed by atoms with Crippen molar-refractivity contribution in [3.05, 3.63) is 24.2 Å². The summed E-state index contributed by atoms with van der Waals surface area (Å²) in [7, 11) is 0. The summed E-state index contributed by atoms with van der Waals surface area (Å²) in [5, 5.41) is 30.5. The van der Waals surface area contributed by atoms with Gasteiger partial charge < -0.3 is 30.5 Å². The Hall–Kier alpha value is -2.63. The monoisotopic (exact) mass is 385 g/mol. The van der Waals surface area contributed by atoms with Gasteiger partial charge in [0.05, 0.1) is 19.5 Å². The smallest absolute Gasteiger partial charge is 0.312 e. The summed E-state index contributed by atoms with van der Waals surface area (Å²) < 4.78 is 37.0. The zero-order chi connectivity index (χ0) is 19.8. The molecule has 1 fully saturated rings. The van der Waals surface area contributed by atoms with Crippen molar-refractivity contribution in [2.24, 2.45) is 0 Å². The predicted octanol–water partition coefficient (Wildman–Crippen LogP) is -0.276. The molecule has 2 aromatic rings. The Labute approximate surface area is 151 Å². The fourth-order valence-corrected chi connectivity index (χ4v) is 2.87. The molecule has 0 radical (unpaired) electrons. The quantitative estimate of drug-likeness (QED) is 0.510. The van der Waals surface area contributed by atoms with Crippen LogP contribution in [0.25, 0.3) is 11.2 Å². The van der Waals surface area contributed by atoms with Gasteiger partial charge in [-0.3, -0.25) is 4.57 Å². The molecule has 0 bridgehead atoms. The summed E-state index contributed by atoms with van der Waals surface area (Å²) in [6.07, 6.45) is -4.85. The van der Waals surface area contributed by atoms with E-state index >= 15 is 0 Å². The van der Waals surface area contributed by atoms with Crippen LogP contribution >= 0.6 is 0 Å². The molecule has 1 saturated heterocycles. The van der Waals surface area contributed by atoms with E-state index in [0.29, 0.717) is 6.08 Å². The van der Waals surface area contributed by atoms with Crippen LogP contribution in [-0.2, 0) is 4.74 Å². The minimum absolute atomic E-state index is 0.0817. The molecule has 1 aliphatic rings. The maximum absolute atomic E-state index is 12.5. The molecule has 27 heavy (non-hydrogen) atoms. The Kier molecular flexibility index (Phi) is 5.09. The van der Waals surface area contributed by atoms with E-state index in [2.05, 4.69) is 15.0 Å². The van der Waals surface area contributed by atoms with Crippen LogP contribution in [0.1, 0.15) is 13.2 Å². The summed E-state index contributed by atoms with van der Waals surface area (Å²) >= 11 is 0. The molecular weight excluding hydrogens is 368 g/mol. The Morgan fingerprint density at radius 3 is 2.89 bits per heavy atom. The minimum atomic E-state index is -2.35. The topological polar surface area (TPSA) is 149 Å². The van der Waals surface area contributed by atoms with Crippen LogP contribution in [0.3, 0.4) is 0 Å². The Morgan fingerprint density at radius 1 is 1.52 bits per heavy atom. The molecule has 0 aromatic carbocycles. The number of imidazole rings is 1. The second-order valence-electron chi connectivity index (χ2n) is 5.73. The van der Waals surface area contributed by atoms with Gasteiger partial charge in [-0.2, -0.15) is 18.7 Å². The van der Waals surface area contributed by atoms with Gasteiger partial charge in [-0.1, -0.05) is 5.73 Å². The van der Waals surface area contributed by atoms with Crippen LogP contribution in [0.5, 0.6) is 5.88 Å². The van der Waals surface area contributed by atoms with Gasteiger partial charge in [0.2, 0.25) is 11.8 Å².